The quantitative estimate of drug-likeness (QED) is 0.549. The van der Waals surface area contributed by atoms with E-state index in [2.05, 4.69) is 0 Å². The van der Waals surface area contributed by atoms with Gasteiger partial charge in [0.15, 0.2) is 18.1 Å². The molecule has 0 N–H and O–H groups in total. The predicted molar refractivity (Wildman–Crippen MR) is 110 cm³/mol. The molecule has 2 rings (SSSR count). The van der Waals surface area contributed by atoms with Crippen molar-refractivity contribution in [2.24, 2.45) is 0 Å². The van der Waals surface area contributed by atoms with Gasteiger partial charge in [0.05, 0.1) is 34.9 Å². The molecule has 0 aliphatic carbocycles. The summed E-state index contributed by atoms with van der Waals surface area (Å²) in [6, 6.07) is 10.8. The van der Waals surface area contributed by atoms with Crippen molar-refractivity contribution < 1.29 is 33.3 Å². The van der Waals surface area contributed by atoms with Crippen molar-refractivity contribution in [2.75, 3.05) is 42.1 Å². The van der Waals surface area contributed by atoms with Gasteiger partial charge >= 0.3 is 5.97 Å². The SMILES string of the molecule is COc1ccccc1CN(C)C(=O)COC(=O)Cc1cc(OC)c(OC)c(OC)c1. The van der Waals surface area contributed by atoms with E-state index in [9.17, 15) is 9.59 Å². The number of methoxy groups -OCH3 is 4. The number of likely N-dealkylation sites (N-methyl/N-ethyl adjacent to an activating group) is 1. The van der Waals surface area contributed by atoms with Crippen molar-refractivity contribution in [3.63, 3.8) is 0 Å². The van der Waals surface area contributed by atoms with Gasteiger partial charge in [0.2, 0.25) is 5.75 Å². The van der Waals surface area contributed by atoms with Gasteiger partial charge in [0.1, 0.15) is 5.75 Å². The number of esters is 1. The Morgan fingerprint density at radius 1 is 0.867 bits per heavy atom. The van der Waals surface area contributed by atoms with Crippen LogP contribution in [0.15, 0.2) is 36.4 Å². The molecule has 30 heavy (non-hydrogen) atoms. The normalized spacial score (nSPS) is 10.2. The lowest BCUT2D eigenvalue weighted by Gasteiger charge is -2.19. The van der Waals surface area contributed by atoms with E-state index in [1.54, 1.807) is 26.3 Å². The van der Waals surface area contributed by atoms with Crippen molar-refractivity contribution in [1.82, 2.24) is 4.90 Å². The molecule has 0 aliphatic heterocycles. The van der Waals surface area contributed by atoms with Gasteiger partial charge in [-0.25, -0.2) is 0 Å². The zero-order valence-electron chi connectivity index (χ0n) is 17.9. The molecule has 0 unspecified atom stereocenters. The molecule has 2 aromatic carbocycles. The Labute approximate surface area is 176 Å². The summed E-state index contributed by atoms with van der Waals surface area (Å²) in [6.45, 7) is -0.0117. The number of nitrogens with zero attached hydrogens (tertiary/aromatic N) is 1. The van der Waals surface area contributed by atoms with E-state index < -0.39 is 5.97 Å². The van der Waals surface area contributed by atoms with Crippen LogP contribution in [0.3, 0.4) is 0 Å². The van der Waals surface area contributed by atoms with Crippen LogP contribution in [0.25, 0.3) is 0 Å². The Balaban J connectivity index is 1.94. The summed E-state index contributed by atoms with van der Waals surface area (Å²) in [4.78, 5) is 26.0. The summed E-state index contributed by atoms with van der Waals surface area (Å²) >= 11 is 0. The summed E-state index contributed by atoms with van der Waals surface area (Å²) < 4.78 is 26.3. The minimum absolute atomic E-state index is 0.0415. The summed E-state index contributed by atoms with van der Waals surface area (Å²) in [5, 5.41) is 0. The van der Waals surface area contributed by atoms with E-state index in [4.69, 9.17) is 23.7 Å². The number of amides is 1. The molecule has 0 bridgehead atoms. The Kier molecular flexibility index (Phi) is 8.34. The van der Waals surface area contributed by atoms with Crippen LogP contribution in [-0.2, 0) is 27.3 Å². The van der Waals surface area contributed by atoms with Gasteiger partial charge in [-0.2, -0.15) is 0 Å². The van der Waals surface area contributed by atoms with Crippen LogP contribution in [0.2, 0.25) is 0 Å². The third kappa shape index (κ3) is 5.79. The van der Waals surface area contributed by atoms with Gasteiger partial charge in [-0.05, 0) is 23.8 Å². The van der Waals surface area contributed by atoms with Gasteiger partial charge in [0.25, 0.3) is 5.91 Å². The zero-order chi connectivity index (χ0) is 22.1. The number of rotatable bonds is 10. The van der Waals surface area contributed by atoms with Crippen molar-refractivity contribution in [2.45, 2.75) is 13.0 Å². The Morgan fingerprint density at radius 2 is 1.47 bits per heavy atom. The molecule has 0 aliphatic rings. The Hall–Kier alpha value is -3.42. The van der Waals surface area contributed by atoms with Crippen LogP contribution < -0.4 is 18.9 Å². The summed E-state index contributed by atoms with van der Waals surface area (Å²) in [5.74, 6) is 1.14. The summed E-state index contributed by atoms with van der Waals surface area (Å²) in [5.41, 5.74) is 1.48. The van der Waals surface area contributed by atoms with Crippen molar-refractivity contribution in [3.05, 3.63) is 47.5 Å². The van der Waals surface area contributed by atoms with Gasteiger partial charge in [0, 0.05) is 19.2 Å². The molecule has 0 atom stereocenters. The standard InChI is InChI=1S/C22H27NO7/c1-23(13-16-8-6-7-9-17(16)26-2)20(24)14-30-21(25)12-15-10-18(27-3)22(29-5)19(11-15)28-4/h6-11H,12-14H2,1-5H3. The zero-order valence-corrected chi connectivity index (χ0v) is 17.9. The smallest absolute Gasteiger partial charge is 0.310 e. The van der Waals surface area contributed by atoms with Crippen LogP contribution in [0.1, 0.15) is 11.1 Å². The number of carbonyl (C=O) groups is 2. The second-order valence-electron chi connectivity index (χ2n) is 6.43. The highest BCUT2D eigenvalue weighted by molar-refractivity contribution is 5.81. The first kappa shape index (κ1) is 22.9. The molecule has 8 heteroatoms. The molecular weight excluding hydrogens is 390 g/mol. The molecule has 0 fully saturated rings. The van der Waals surface area contributed by atoms with Gasteiger partial charge in [-0.3, -0.25) is 9.59 Å². The molecule has 0 radical (unpaired) electrons. The second kappa shape index (κ2) is 10.9. The largest absolute Gasteiger partial charge is 0.496 e. The first-order chi connectivity index (χ1) is 14.4. The molecule has 0 saturated heterocycles. The van der Waals surface area contributed by atoms with E-state index in [1.165, 1.54) is 26.2 Å². The van der Waals surface area contributed by atoms with Gasteiger partial charge in [-0.15, -0.1) is 0 Å². The first-order valence-corrected chi connectivity index (χ1v) is 9.23. The molecule has 0 saturated carbocycles. The predicted octanol–water partition coefficient (Wildman–Crippen LogP) is 2.47. The topological polar surface area (TPSA) is 83.5 Å². The van der Waals surface area contributed by atoms with Crippen molar-refractivity contribution in [1.29, 1.82) is 0 Å². The maximum atomic E-state index is 12.3. The lowest BCUT2D eigenvalue weighted by atomic mass is 10.1. The van der Waals surface area contributed by atoms with E-state index in [1.807, 2.05) is 24.3 Å². The molecule has 162 valence electrons. The summed E-state index contributed by atoms with van der Waals surface area (Å²) in [7, 11) is 7.71. The molecular formula is C22H27NO7. The van der Waals surface area contributed by atoms with Crippen molar-refractivity contribution in [3.8, 4) is 23.0 Å². The second-order valence-corrected chi connectivity index (χ2v) is 6.43. The average Bonchev–Trinajstić information content (AvgIpc) is 2.76. The monoisotopic (exact) mass is 417 g/mol. The molecule has 8 nitrogen and oxygen atoms in total. The van der Waals surface area contributed by atoms with Gasteiger partial charge < -0.3 is 28.6 Å². The highest BCUT2D eigenvalue weighted by Gasteiger charge is 2.17. The lowest BCUT2D eigenvalue weighted by Crippen LogP contribution is -2.31. The minimum atomic E-state index is -0.539. The summed E-state index contributed by atoms with van der Waals surface area (Å²) in [6.07, 6.45) is -0.0415. The van der Waals surface area contributed by atoms with Crippen LogP contribution in [-0.4, -0.2) is 58.9 Å². The van der Waals surface area contributed by atoms with E-state index in [-0.39, 0.29) is 18.9 Å². The first-order valence-electron chi connectivity index (χ1n) is 9.23. The van der Waals surface area contributed by atoms with Crippen LogP contribution in [0, 0.1) is 0 Å². The Bertz CT molecular complexity index is 857. The van der Waals surface area contributed by atoms with Crippen LogP contribution in [0.4, 0.5) is 0 Å². The molecule has 0 heterocycles. The van der Waals surface area contributed by atoms with Gasteiger partial charge in [-0.1, -0.05) is 18.2 Å². The number of para-hydroxylation sites is 1. The maximum Gasteiger partial charge on any atom is 0.310 e. The van der Waals surface area contributed by atoms with E-state index in [0.29, 0.717) is 35.1 Å². The molecule has 1 amide bonds. The van der Waals surface area contributed by atoms with E-state index >= 15 is 0 Å². The van der Waals surface area contributed by atoms with Crippen molar-refractivity contribution >= 4 is 11.9 Å². The fraction of sp³-hybridized carbons (Fsp3) is 0.364. The number of hydrogen-bond donors (Lipinski definition) is 0. The van der Waals surface area contributed by atoms with Crippen LogP contribution in [0.5, 0.6) is 23.0 Å². The third-order valence-corrected chi connectivity index (χ3v) is 4.46. The van der Waals surface area contributed by atoms with E-state index in [0.717, 1.165) is 5.56 Å². The molecule has 0 aromatic heterocycles. The highest BCUT2D eigenvalue weighted by Crippen LogP contribution is 2.38. The lowest BCUT2D eigenvalue weighted by molar-refractivity contribution is -0.151. The number of hydrogen-bond acceptors (Lipinski definition) is 7. The van der Waals surface area contributed by atoms with Crippen LogP contribution >= 0.6 is 0 Å². The number of ether oxygens (including phenoxy) is 5. The molecule has 0 spiro atoms. The molecule has 2 aromatic rings. The maximum absolute atomic E-state index is 12.3. The highest BCUT2D eigenvalue weighted by atomic mass is 16.5. The fourth-order valence-electron chi connectivity index (χ4n) is 2.88. The number of carbonyl (C=O) groups excluding carboxylic acids is 2. The third-order valence-electron chi connectivity index (χ3n) is 4.46. The Morgan fingerprint density at radius 3 is 2.03 bits per heavy atom. The minimum Gasteiger partial charge on any atom is -0.496 e. The average molecular weight is 417 g/mol. The number of benzene rings is 2. The fourth-order valence-corrected chi connectivity index (χ4v) is 2.88.